The first kappa shape index (κ1) is 9.54. The lowest BCUT2D eigenvalue weighted by atomic mass is 10.2. The minimum atomic E-state index is 0.197. The van der Waals surface area contributed by atoms with Crippen LogP contribution in [0.2, 0.25) is 0 Å². The van der Waals surface area contributed by atoms with Gasteiger partial charge in [0.25, 0.3) is 0 Å². The number of Topliss-reactive ketones (excluding diaryl/α,β-unsaturated/α-hetero) is 1. The standard InChI is InChI=1S/C12H12O/c1-11(13)7-5-6-10-12-8-3-2-4-9-12/h2-4,8-9H,5,7H2,1H3. The van der Waals surface area contributed by atoms with E-state index >= 15 is 0 Å². The normalized spacial score (nSPS) is 8.69. The number of benzene rings is 1. The molecule has 0 saturated carbocycles. The Labute approximate surface area is 78.8 Å². The van der Waals surface area contributed by atoms with Gasteiger partial charge in [-0.2, -0.15) is 0 Å². The van der Waals surface area contributed by atoms with E-state index in [1.807, 2.05) is 30.3 Å². The molecule has 1 nitrogen and oxygen atoms in total. The van der Waals surface area contributed by atoms with E-state index in [1.54, 1.807) is 6.92 Å². The molecule has 1 rings (SSSR count). The Hall–Kier alpha value is -1.55. The number of carbonyl (C=O) groups excluding carboxylic acids is 1. The molecule has 0 saturated heterocycles. The highest BCUT2D eigenvalue weighted by molar-refractivity contribution is 5.75. The van der Waals surface area contributed by atoms with E-state index in [4.69, 9.17) is 0 Å². The first-order valence-corrected chi connectivity index (χ1v) is 4.32. The Morgan fingerprint density at radius 3 is 2.62 bits per heavy atom. The van der Waals surface area contributed by atoms with E-state index in [9.17, 15) is 4.79 Å². The molecule has 0 aliphatic rings. The molecule has 0 fully saturated rings. The molecule has 66 valence electrons. The molecule has 0 unspecified atom stereocenters. The second-order valence-corrected chi connectivity index (χ2v) is 2.87. The van der Waals surface area contributed by atoms with Crippen molar-refractivity contribution in [2.75, 3.05) is 0 Å². The molecule has 1 aromatic carbocycles. The predicted octanol–water partition coefficient (Wildman–Crippen LogP) is 2.41. The van der Waals surface area contributed by atoms with Gasteiger partial charge in [-0.05, 0) is 19.1 Å². The molecule has 0 spiro atoms. The smallest absolute Gasteiger partial charge is 0.130 e. The van der Waals surface area contributed by atoms with Gasteiger partial charge in [0.15, 0.2) is 0 Å². The number of ketones is 1. The van der Waals surface area contributed by atoms with Crippen LogP contribution in [0.15, 0.2) is 30.3 Å². The van der Waals surface area contributed by atoms with Crippen LogP contribution in [-0.2, 0) is 4.79 Å². The van der Waals surface area contributed by atoms with Crippen molar-refractivity contribution in [2.45, 2.75) is 19.8 Å². The van der Waals surface area contributed by atoms with E-state index in [-0.39, 0.29) is 5.78 Å². The number of hydrogen-bond acceptors (Lipinski definition) is 1. The van der Waals surface area contributed by atoms with Crippen LogP contribution in [-0.4, -0.2) is 5.78 Å². The summed E-state index contributed by atoms with van der Waals surface area (Å²) < 4.78 is 0. The minimum Gasteiger partial charge on any atom is -0.300 e. The van der Waals surface area contributed by atoms with Crippen molar-refractivity contribution in [1.29, 1.82) is 0 Å². The summed E-state index contributed by atoms with van der Waals surface area (Å²) in [4.78, 5) is 10.6. The molecule has 1 heteroatoms. The van der Waals surface area contributed by atoms with Crippen LogP contribution >= 0.6 is 0 Å². The van der Waals surface area contributed by atoms with Crippen molar-refractivity contribution in [3.8, 4) is 11.8 Å². The summed E-state index contributed by atoms with van der Waals surface area (Å²) in [6, 6.07) is 9.78. The first-order chi connectivity index (χ1) is 6.29. The Morgan fingerprint density at radius 1 is 1.31 bits per heavy atom. The Bertz CT molecular complexity index is 327. The molecule has 0 bridgehead atoms. The molecule has 0 amide bonds. The van der Waals surface area contributed by atoms with Gasteiger partial charge in [-0.1, -0.05) is 30.0 Å². The lowest BCUT2D eigenvalue weighted by molar-refractivity contribution is -0.116. The molecule has 0 aliphatic carbocycles. The summed E-state index contributed by atoms with van der Waals surface area (Å²) in [5, 5.41) is 0. The van der Waals surface area contributed by atoms with Crippen molar-refractivity contribution < 1.29 is 4.79 Å². The minimum absolute atomic E-state index is 0.197. The molecule has 0 aromatic heterocycles. The topological polar surface area (TPSA) is 17.1 Å². The van der Waals surface area contributed by atoms with Gasteiger partial charge in [-0.3, -0.25) is 4.79 Å². The highest BCUT2D eigenvalue weighted by Crippen LogP contribution is 1.95. The van der Waals surface area contributed by atoms with Gasteiger partial charge in [0, 0.05) is 18.4 Å². The molecule has 0 radical (unpaired) electrons. The van der Waals surface area contributed by atoms with Crippen LogP contribution < -0.4 is 0 Å². The van der Waals surface area contributed by atoms with Crippen LogP contribution in [0.5, 0.6) is 0 Å². The number of rotatable bonds is 2. The summed E-state index contributed by atoms with van der Waals surface area (Å²) in [5.74, 6) is 6.16. The van der Waals surface area contributed by atoms with Crippen molar-refractivity contribution in [3.63, 3.8) is 0 Å². The zero-order valence-electron chi connectivity index (χ0n) is 7.71. The maximum Gasteiger partial charge on any atom is 0.130 e. The lowest BCUT2D eigenvalue weighted by Crippen LogP contribution is -1.86. The maximum atomic E-state index is 10.6. The molecule has 0 heterocycles. The van der Waals surface area contributed by atoms with Crippen molar-refractivity contribution in [1.82, 2.24) is 0 Å². The van der Waals surface area contributed by atoms with Gasteiger partial charge >= 0.3 is 0 Å². The fraction of sp³-hybridized carbons (Fsp3) is 0.250. The molecular formula is C12H12O. The second-order valence-electron chi connectivity index (χ2n) is 2.87. The summed E-state index contributed by atoms with van der Waals surface area (Å²) in [5.41, 5.74) is 1.01. The molecule has 0 atom stereocenters. The average Bonchev–Trinajstić information content (AvgIpc) is 2.14. The summed E-state index contributed by atoms with van der Waals surface area (Å²) >= 11 is 0. The predicted molar refractivity (Wildman–Crippen MR) is 53.2 cm³/mol. The Morgan fingerprint density at radius 2 is 2.00 bits per heavy atom. The third-order valence-corrected chi connectivity index (χ3v) is 1.61. The van der Waals surface area contributed by atoms with Gasteiger partial charge in [0.2, 0.25) is 0 Å². The lowest BCUT2D eigenvalue weighted by Gasteiger charge is -1.87. The summed E-state index contributed by atoms with van der Waals surface area (Å²) in [7, 11) is 0. The average molecular weight is 172 g/mol. The van der Waals surface area contributed by atoms with E-state index in [1.165, 1.54) is 0 Å². The van der Waals surface area contributed by atoms with Crippen LogP contribution in [0.25, 0.3) is 0 Å². The maximum absolute atomic E-state index is 10.6. The van der Waals surface area contributed by atoms with Crippen LogP contribution in [0.4, 0.5) is 0 Å². The molecular weight excluding hydrogens is 160 g/mol. The van der Waals surface area contributed by atoms with Gasteiger partial charge in [0.1, 0.15) is 5.78 Å². The Kier molecular flexibility index (Phi) is 3.78. The van der Waals surface area contributed by atoms with Gasteiger partial charge in [0.05, 0.1) is 0 Å². The van der Waals surface area contributed by atoms with Gasteiger partial charge in [-0.15, -0.1) is 0 Å². The first-order valence-electron chi connectivity index (χ1n) is 4.32. The van der Waals surface area contributed by atoms with Gasteiger partial charge < -0.3 is 0 Å². The van der Waals surface area contributed by atoms with Crippen molar-refractivity contribution in [3.05, 3.63) is 35.9 Å². The van der Waals surface area contributed by atoms with E-state index < -0.39 is 0 Å². The summed E-state index contributed by atoms with van der Waals surface area (Å²) in [6.07, 6.45) is 1.21. The van der Waals surface area contributed by atoms with E-state index in [0.717, 1.165) is 5.56 Å². The number of hydrogen-bond donors (Lipinski definition) is 0. The third kappa shape index (κ3) is 4.12. The zero-order valence-corrected chi connectivity index (χ0v) is 7.71. The van der Waals surface area contributed by atoms with Crippen molar-refractivity contribution >= 4 is 5.78 Å². The zero-order chi connectivity index (χ0) is 9.52. The van der Waals surface area contributed by atoms with Gasteiger partial charge in [-0.25, -0.2) is 0 Å². The quantitative estimate of drug-likeness (QED) is 0.626. The highest BCUT2D eigenvalue weighted by Gasteiger charge is 1.88. The van der Waals surface area contributed by atoms with E-state index in [2.05, 4.69) is 11.8 Å². The molecule has 0 N–H and O–H groups in total. The van der Waals surface area contributed by atoms with Crippen LogP contribution in [0.3, 0.4) is 0 Å². The second kappa shape index (κ2) is 5.16. The SMILES string of the molecule is CC(=O)CCC#Cc1ccccc1. The third-order valence-electron chi connectivity index (χ3n) is 1.61. The molecule has 13 heavy (non-hydrogen) atoms. The summed E-state index contributed by atoms with van der Waals surface area (Å²) in [6.45, 7) is 1.59. The van der Waals surface area contributed by atoms with Crippen LogP contribution in [0, 0.1) is 11.8 Å². The largest absolute Gasteiger partial charge is 0.300 e. The Balaban J connectivity index is 2.44. The van der Waals surface area contributed by atoms with Crippen molar-refractivity contribution in [2.24, 2.45) is 0 Å². The fourth-order valence-electron chi connectivity index (χ4n) is 0.925. The monoisotopic (exact) mass is 172 g/mol. The van der Waals surface area contributed by atoms with Crippen LogP contribution in [0.1, 0.15) is 25.3 Å². The fourth-order valence-corrected chi connectivity index (χ4v) is 0.925. The molecule has 1 aromatic rings. The number of carbonyl (C=O) groups is 1. The van der Waals surface area contributed by atoms with E-state index in [0.29, 0.717) is 12.8 Å². The highest BCUT2D eigenvalue weighted by atomic mass is 16.1. The molecule has 0 aliphatic heterocycles.